The van der Waals surface area contributed by atoms with Crippen LogP contribution in [0.25, 0.3) is 0 Å². The van der Waals surface area contributed by atoms with E-state index in [1.165, 1.54) is 18.2 Å². The second kappa shape index (κ2) is 6.68. The van der Waals surface area contributed by atoms with Crippen LogP contribution < -0.4 is 5.43 Å². The van der Waals surface area contributed by atoms with E-state index in [4.69, 9.17) is 9.84 Å². The van der Waals surface area contributed by atoms with Crippen molar-refractivity contribution in [2.24, 2.45) is 0 Å². The van der Waals surface area contributed by atoms with E-state index >= 15 is 0 Å². The van der Waals surface area contributed by atoms with Gasteiger partial charge in [0.25, 0.3) is 0 Å². The maximum atomic E-state index is 11.6. The van der Waals surface area contributed by atoms with Crippen LogP contribution >= 0.6 is 0 Å². The predicted molar refractivity (Wildman–Crippen MR) is 64.2 cm³/mol. The van der Waals surface area contributed by atoms with Crippen molar-refractivity contribution in [1.82, 2.24) is 0 Å². The minimum atomic E-state index is -0.518. The molecule has 1 aromatic carbocycles. The minimum absolute atomic E-state index is 0.263. The van der Waals surface area contributed by atoms with Crippen LogP contribution in [0.2, 0.25) is 0 Å². The summed E-state index contributed by atoms with van der Waals surface area (Å²) >= 11 is 0. The lowest BCUT2D eigenvalue weighted by Gasteiger charge is -2.02. The summed E-state index contributed by atoms with van der Waals surface area (Å²) in [6, 6.07) is 5.08. The van der Waals surface area contributed by atoms with Gasteiger partial charge in [-0.05, 0) is 30.7 Å². The molecule has 0 bridgehead atoms. The number of ether oxygens (including phenoxy) is 1. The van der Waals surface area contributed by atoms with Crippen LogP contribution in [0.5, 0.6) is 5.75 Å². The molecule has 0 aliphatic carbocycles. The monoisotopic (exact) mass is 236 g/mol. The largest absolute Gasteiger partial charge is 0.504 e. The number of hydrogen-bond donors (Lipinski definition) is 1. The van der Waals surface area contributed by atoms with Crippen LogP contribution in [-0.2, 0) is 4.74 Å². The fourth-order valence-corrected chi connectivity index (χ4v) is 1.29. The minimum Gasteiger partial charge on any atom is -0.504 e. The molecule has 0 amide bonds. The highest BCUT2D eigenvalue weighted by atomic mass is 16.5. The van der Waals surface area contributed by atoms with E-state index in [1.54, 1.807) is 0 Å². The van der Waals surface area contributed by atoms with Gasteiger partial charge in [-0.15, -0.1) is 0 Å². The maximum Gasteiger partial charge on any atom is 0.338 e. The first-order chi connectivity index (χ1) is 8.15. The quantitative estimate of drug-likeness (QED) is 0.628. The Morgan fingerprint density at radius 3 is 2.65 bits per heavy atom. The molecule has 0 radical (unpaired) electrons. The molecule has 0 heterocycles. The van der Waals surface area contributed by atoms with Crippen molar-refractivity contribution in [2.75, 3.05) is 6.61 Å². The van der Waals surface area contributed by atoms with Crippen molar-refractivity contribution in [3.8, 4) is 5.75 Å². The lowest BCUT2D eigenvalue weighted by Crippen LogP contribution is -2.05. The SMILES string of the molecule is CCCCCOC(=O)c1ccc(O)c(=O)cc1. The van der Waals surface area contributed by atoms with E-state index < -0.39 is 11.4 Å². The van der Waals surface area contributed by atoms with Crippen molar-refractivity contribution in [2.45, 2.75) is 26.2 Å². The van der Waals surface area contributed by atoms with Crippen LogP contribution in [0.3, 0.4) is 0 Å². The van der Waals surface area contributed by atoms with Gasteiger partial charge in [0.2, 0.25) is 5.43 Å². The number of carbonyl (C=O) groups is 1. The molecule has 0 saturated carbocycles. The standard InChI is InChI=1S/C13H16O4/c1-2-3-4-9-17-13(16)10-5-7-11(14)12(15)8-6-10/h5-8H,2-4,9H2,1H3,(H,14,15). The topological polar surface area (TPSA) is 63.6 Å². The van der Waals surface area contributed by atoms with Crippen molar-refractivity contribution < 1.29 is 14.6 Å². The Balaban J connectivity index is 2.64. The summed E-state index contributed by atoms with van der Waals surface area (Å²) in [6.07, 6.45) is 2.91. The van der Waals surface area contributed by atoms with E-state index in [0.29, 0.717) is 6.61 Å². The van der Waals surface area contributed by atoms with E-state index in [0.717, 1.165) is 25.3 Å². The number of rotatable bonds is 5. The molecule has 0 atom stereocenters. The first-order valence-electron chi connectivity index (χ1n) is 5.65. The van der Waals surface area contributed by atoms with E-state index in [1.807, 2.05) is 0 Å². The second-order valence-electron chi connectivity index (χ2n) is 3.71. The summed E-state index contributed by atoms with van der Waals surface area (Å²) in [5, 5.41) is 9.17. The zero-order valence-corrected chi connectivity index (χ0v) is 9.81. The van der Waals surface area contributed by atoms with Crippen LogP contribution in [-0.4, -0.2) is 17.7 Å². The highest BCUT2D eigenvalue weighted by Gasteiger charge is 2.06. The van der Waals surface area contributed by atoms with Crippen molar-refractivity contribution >= 4 is 5.97 Å². The molecule has 0 aliphatic rings. The van der Waals surface area contributed by atoms with Gasteiger partial charge in [-0.1, -0.05) is 19.8 Å². The first-order valence-corrected chi connectivity index (χ1v) is 5.65. The van der Waals surface area contributed by atoms with Gasteiger partial charge in [0.1, 0.15) is 0 Å². The third-order valence-corrected chi connectivity index (χ3v) is 2.30. The van der Waals surface area contributed by atoms with Gasteiger partial charge in [0, 0.05) is 0 Å². The number of unbranched alkanes of at least 4 members (excludes halogenated alkanes) is 2. The van der Waals surface area contributed by atoms with Crippen LogP contribution in [0, 0.1) is 0 Å². The van der Waals surface area contributed by atoms with E-state index in [9.17, 15) is 9.59 Å². The molecule has 0 fully saturated rings. The zero-order chi connectivity index (χ0) is 12.7. The van der Waals surface area contributed by atoms with Crippen molar-refractivity contribution in [3.05, 3.63) is 40.1 Å². The average molecular weight is 236 g/mol. The van der Waals surface area contributed by atoms with Crippen molar-refractivity contribution in [3.63, 3.8) is 0 Å². The molecule has 17 heavy (non-hydrogen) atoms. The Labute approximate surface area is 99.9 Å². The molecule has 92 valence electrons. The van der Waals surface area contributed by atoms with Crippen molar-refractivity contribution in [1.29, 1.82) is 0 Å². The molecule has 1 rings (SSSR count). The predicted octanol–water partition coefficient (Wildman–Crippen LogP) is 2.10. The molecule has 0 saturated heterocycles. The third-order valence-electron chi connectivity index (χ3n) is 2.30. The zero-order valence-electron chi connectivity index (χ0n) is 9.81. The number of aromatic hydroxyl groups is 1. The summed E-state index contributed by atoms with van der Waals surface area (Å²) in [5.41, 5.74) is -0.256. The normalized spacial score (nSPS) is 9.94. The second-order valence-corrected chi connectivity index (χ2v) is 3.71. The lowest BCUT2D eigenvalue weighted by molar-refractivity contribution is 0.0498. The summed E-state index contributed by atoms with van der Waals surface area (Å²) in [5.74, 6) is -0.855. The average Bonchev–Trinajstić information content (AvgIpc) is 2.48. The summed E-state index contributed by atoms with van der Waals surface area (Å²) in [7, 11) is 0. The Hall–Kier alpha value is -1.84. The van der Waals surface area contributed by atoms with E-state index in [-0.39, 0.29) is 11.3 Å². The van der Waals surface area contributed by atoms with Gasteiger partial charge in [-0.3, -0.25) is 4.79 Å². The number of hydrogen-bond acceptors (Lipinski definition) is 4. The third kappa shape index (κ3) is 4.26. The number of esters is 1. The Bertz CT molecular complexity index is 440. The lowest BCUT2D eigenvalue weighted by atomic mass is 10.2. The molecule has 1 N–H and O–H groups in total. The Kier molecular flexibility index (Phi) is 5.20. The molecule has 4 heteroatoms. The fraction of sp³-hybridized carbons (Fsp3) is 0.385. The smallest absolute Gasteiger partial charge is 0.338 e. The Morgan fingerprint density at radius 1 is 1.24 bits per heavy atom. The molecule has 0 aliphatic heterocycles. The van der Waals surface area contributed by atoms with Gasteiger partial charge in [0.05, 0.1) is 12.2 Å². The molecular weight excluding hydrogens is 220 g/mol. The molecule has 4 nitrogen and oxygen atoms in total. The molecule has 1 aromatic rings. The fourth-order valence-electron chi connectivity index (χ4n) is 1.29. The number of carbonyl (C=O) groups excluding carboxylic acids is 1. The molecule has 0 aromatic heterocycles. The maximum absolute atomic E-state index is 11.6. The summed E-state index contributed by atoms with van der Waals surface area (Å²) < 4.78 is 5.03. The first kappa shape index (κ1) is 13.2. The van der Waals surface area contributed by atoms with Gasteiger partial charge < -0.3 is 9.84 Å². The molecular formula is C13H16O4. The molecule has 0 unspecified atom stereocenters. The van der Waals surface area contributed by atoms with Crippen LogP contribution in [0.15, 0.2) is 29.1 Å². The van der Waals surface area contributed by atoms with Gasteiger partial charge in [-0.25, -0.2) is 4.79 Å². The van der Waals surface area contributed by atoms with Crippen LogP contribution in [0.1, 0.15) is 36.5 Å². The van der Waals surface area contributed by atoms with Gasteiger partial charge >= 0.3 is 5.97 Å². The van der Waals surface area contributed by atoms with Crippen LogP contribution in [0.4, 0.5) is 0 Å². The highest BCUT2D eigenvalue weighted by Crippen LogP contribution is 2.04. The Morgan fingerprint density at radius 2 is 1.94 bits per heavy atom. The van der Waals surface area contributed by atoms with E-state index in [2.05, 4.69) is 6.92 Å². The molecule has 0 spiro atoms. The highest BCUT2D eigenvalue weighted by molar-refractivity contribution is 5.89. The van der Waals surface area contributed by atoms with Gasteiger partial charge in [0.15, 0.2) is 5.75 Å². The van der Waals surface area contributed by atoms with Gasteiger partial charge in [-0.2, -0.15) is 0 Å². The summed E-state index contributed by atoms with van der Waals surface area (Å²) in [6.45, 7) is 2.44. The summed E-state index contributed by atoms with van der Waals surface area (Å²) in [4.78, 5) is 22.7.